The van der Waals surface area contributed by atoms with Gasteiger partial charge in [-0.2, -0.15) is 0 Å². The molecule has 3 N–H and O–H groups in total. The first kappa shape index (κ1) is 13.5. The van der Waals surface area contributed by atoms with Gasteiger partial charge in [0.05, 0.1) is 12.6 Å². The fourth-order valence-corrected chi connectivity index (χ4v) is 2.28. The van der Waals surface area contributed by atoms with E-state index in [1.54, 1.807) is 0 Å². The molecule has 4 heteroatoms. The van der Waals surface area contributed by atoms with Crippen LogP contribution in [0.4, 0.5) is 0 Å². The molecular weight excluding hydrogens is 204 g/mol. The van der Waals surface area contributed by atoms with E-state index in [0.717, 1.165) is 32.2 Å². The molecule has 2 unspecified atom stereocenters. The van der Waals surface area contributed by atoms with Crippen molar-refractivity contribution in [1.82, 2.24) is 4.90 Å². The first-order valence-electron chi connectivity index (χ1n) is 6.33. The molecule has 94 valence electrons. The standard InChI is InChI=1S/C12H24N2O2/c1-2-10(8-13)7-12(16)14-6-4-3-5-11(14)9-15/h10-11,15H,2-9,13H2,1H3. The Morgan fingerprint density at radius 1 is 1.56 bits per heavy atom. The van der Waals surface area contributed by atoms with E-state index in [1.807, 2.05) is 4.90 Å². The Hall–Kier alpha value is -0.610. The van der Waals surface area contributed by atoms with Crippen molar-refractivity contribution in [3.63, 3.8) is 0 Å². The summed E-state index contributed by atoms with van der Waals surface area (Å²) in [6.45, 7) is 3.51. The van der Waals surface area contributed by atoms with Crippen LogP contribution in [0.25, 0.3) is 0 Å². The lowest BCUT2D eigenvalue weighted by atomic mass is 9.98. The van der Waals surface area contributed by atoms with Crippen molar-refractivity contribution in [3.8, 4) is 0 Å². The number of carbonyl (C=O) groups is 1. The molecule has 0 radical (unpaired) electrons. The summed E-state index contributed by atoms with van der Waals surface area (Å²) in [5.41, 5.74) is 5.61. The summed E-state index contributed by atoms with van der Waals surface area (Å²) in [4.78, 5) is 13.9. The molecule has 1 fully saturated rings. The number of nitrogens with two attached hydrogens (primary N) is 1. The molecule has 0 bridgehead atoms. The highest BCUT2D eigenvalue weighted by Crippen LogP contribution is 2.19. The molecule has 0 aromatic rings. The first-order chi connectivity index (χ1) is 7.72. The molecule has 1 saturated heterocycles. The molecule has 0 aromatic heterocycles. The Labute approximate surface area is 97.8 Å². The van der Waals surface area contributed by atoms with Gasteiger partial charge in [-0.25, -0.2) is 0 Å². The molecule has 2 atom stereocenters. The monoisotopic (exact) mass is 228 g/mol. The van der Waals surface area contributed by atoms with Crippen LogP contribution in [0.1, 0.15) is 39.0 Å². The van der Waals surface area contributed by atoms with Gasteiger partial charge in [0.15, 0.2) is 0 Å². The number of nitrogens with zero attached hydrogens (tertiary/aromatic N) is 1. The number of piperidine rings is 1. The van der Waals surface area contributed by atoms with Gasteiger partial charge < -0.3 is 15.7 Å². The van der Waals surface area contributed by atoms with Gasteiger partial charge in [-0.1, -0.05) is 13.3 Å². The first-order valence-corrected chi connectivity index (χ1v) is 6.33. The summed E-state index contributed by atoms with van der Waals surface area (Å²) in [7, 11) is 0. The zero-order valence-electron chi connectivity index (χ0n) is 10.2. The average molecular weight is 228 g/mol. The lowest BCUT2D eigenvalue weighted by Gasteiger charge is -2.35. The maximum atomic E-state index is 12.1. The van der Waals surface area contributed by atoms with Crippen LogP contribution < -0.4 is 5.73 Å². The molecule has 1 aliphatic heterocycles. The maximum absolute atomic E-state index is 12.1. The molecule has 16 heavy (non-hydrogen) atoms. The van der Waals surface area contributed by atoms with Crippen molar-refractivity contribution in [1.29, 1.82) is 0 Å². The number of rotatable bonds is 5. The van der Waals surface area contributed by atoms with Crippen LogP contribution in [0.5, 0.6) is 0 Å². The summed E-state index contributed by atoms with van der Waals surface area (Å²) in [6, 6.07) is 0.0385. The van der Waals surface area contributed by atoms with E-state index in [1.165, 1.54) is 0 Å². The largest absolute Gasteiger partial charge is 0.394 e. The lowest BCUT2D eigenvalue weighted by molar-refractivity contribution is -0.136. The molecule has 1 rings (SSSR count). The fourth-order valence-electron chi connectivity index (χ4n) is 2.28. The number of aliphatic hydroxyl groups excluding tert-OH is 1. The van der Waals surface area contributed by atoms with Crippen LogP contribution in [0.2, 0.25) is 0 Å². The maximum Gasteiger partial charge on any atom is 0.223 e. The van der Waals surface area contributed by atoms with E-state index in [9.17, 15) is 9.90 Å². The number of carbonyl (C=O) groups excluding carboxylic acids is 1. The van der Waals surface area contributed by atoms with Gasteiger partial charge in [-0.05, 0) is 31.7 Å². The van der Waals surface area contributed by atoms with Gasteiger partial charge in [0.2, 0.25) is 5.91 Å². The molecule has 0 saturated carbocycles. The molecular formula is C12H24N2O2. The molecule has 1 heterocycles. The Morgan fingerprint density at radius 2 is 2.31 bits per heavy atom. The van der Waals surface area contributed by atoms with Crippen molar-refractivity contribution in [2.75, 3.05) is 19.7 Å². The lowest BCUT2D eigenvalue weighted by Crippen LogP contribution is -2.46. The van der Waals surface area contributed by atoms with Crippen molar-refractivity contribution < 1.29 is 9.90 Å². The summed E-state index contributed by atoms with van der Waals surface area (Å²) >= 11 is 0. The SMILES string of the molecule is CCC(CN)CC(=O)N1CCCCC1CO. The van der Waals surface area contributed by atoms with Crippen molar-refractivity contribution in [2.24, 2.45) is 11.7 Å². The van der Waals surface area contributed by atoms with Gasteiger partial charge in [0.1, 0.15) is 0 Å². The molecule has 1 aliphatic rings. The van der Waals surface area contributed by atoms with E-state index in [2.05, 4.69) is 6.92 Å². The Balaban J connectivity index is 2.50. The molecule has 1 amide bonds. The Kier molecular flexibility index (Phi) is 5.77. The third-order valence-corrected chi connectivity index (χ3v) is 3.53. The second-order valence-electron chi connectivity index (χ2n) is 4.63. The van der Waals surface area contributed by atoms with Crippen LogP contribution in [-0.4, -0.2) is 41.7 Å². The third-order valence-electron chi connectivity index (χ3n) is 3.53. The van der Waals surface area contributed by atoms with E-state index in [0.29, 0.717) is 13.0 Å². The normalized spacial score (nSPS) is 23.2. The predicted octanol–water partition coefficient (Wildman–Crippen LogP) is 0.735. The van der Waals surface area contributed by atoms with Crippen molar-refractivity contribution >= 4 is 5.91 Å². The minimum Gasteiger partial charge on any atom is -0.394 e. The number of hydrogen-bond donors (Lipinski definition) is 2. The highest BCUT2D eigenvalue weighted by molar-refractivity contribution is 5.77. The van der Waals surface area contributed by atoms with Crippen molar-refractivity contribution in [3.05, 3.63) is 0 Å². The summed E-state index contributed by atoms with van der Waals surface area (Å²) in [6.07, 6.45) is 4.58. The topological polar surface area (TPSA) is 66.6 Å². The summed E-state index contributed by atoms with van der Waals surface area (Å²) in [5, 5.41) is 9.24. The highest BCUT2D eigenvalue weighted by Gasteiger charge is 2.26. The average Bonchev–Trinajstić information content (AvgIpc) is 2.35. The van der Waals surface area contributed by atoms with E-state index in [-0.39, 0.29) is 24.5 Å². The molecule has 0 spiro atoms. The fraction of sp³-hybridized carbons (Fsp3) is 0.917. The molecule has 0 aliphatic carbocycles. The number of hydrogen-bond acceptors (Lipinski definition) is 3. The van der Waals surface area contributed by atoms with E-state index >= 15 is 0 Å². The quantitative estimate of drug-likeness (QED) is 0.729. The van der Waals surface area contributed by atoms with Gasteiger partial charge >= 0.3 is 0 Å². The van der Waals surface area contributed by atoms with Gasteiger partial charge in [0.25, 0.3) is 0 Å². The second kappa shape index (κ2) is 6.86. The second-order valence-corrected chi connectivity index (χ2v) is 4.63. The smallest absolute Gasteiger partial charge is 0.223 e. The van der Waals surface area contributed by atoms with Crippen molar-refractivity contribution in [2.45, 2.75) is 45.1 Å². The predicted molar refractivity (Wildman–Crippen MR) is 63.9 cm³/mol. The van der Waals surface area contributed by atoms with E-state index in [4.69, 9.17) is 5.73 Å². The Bertz CT molecular complexity index is 217. The minimum absolute atomic E-state index is 0.0385. The van der Waals surface area contributed by atoms with Gasteiger partial charge in [0, 0.05) is 13.0 Å². The molecule has 4 nitrogen and oxygen atoms in total. The number of aliphatic hydroxyl groups is 1. The number of likely N-dealkylation sites (tertiary alicyclic amines) is 1. The van der Waals surface area contributed by atoms with Crippen LogP contribution in [-0.2, 0) is 4.79 Å². The van der Waals surface area contributed by atoms with E-state index < -0.39 is 0 Å². The van der Waals surface area contributed by atoms with Gasteiger partial charge in [-0.3, -0.25) is 4.79 Å². The van der Waals surface area contributed by atoms with Crippen LogP contribution in [0, 0.1) is 5.92 Å². The molecule has 0 aromatic carbocycles. The van der Waals surface area contributed by atoms with Gasteiger partial charge in [-0.15, -0.1) is 0 Å². The third kappa shape index (κ3) is 3.46. The summed E-state index contributed by atoms with van der Waals surface area (Å²) in [5.74, 6) is 0.449. The zero-order valence-corrected chi connectivity index (χ0v) is 10.2. The van der Waals surface area contributed by atoms with Crippen LogP contribution in [0.15, 0.2) is 0 Å². The highest BCUT2D eigenvalue weighted by atomic mass is 16.3. The Morgan fingerprint density at radius 3 is 2.88 bits per heavy atom. The zero-order chi connectivity index (χ0) is 12.0. The number of amides is 1. The van der Waals surface area contributed by atoms with Crippen LogP contribution >= 0.6 is 0 Å². The summed E-state index contributed by atoms with van der Waals surface area (Å²) < 4.78 is 0. The van der Waals surface area contributed by atoms with Crippen LogP contribution in [0.3, 0.4) is 0 Å². The minimum atomic E-state index is 0.0385.